The number of β-amino-alcohol motifs (C(OH)–C–C–N with tert-alkyl or cyclic N) is 1. The SMILES string of the molecule is Cc1[nH]c(=O)ccc1C(=O)N1C[C@@H](O)C[C@H]1c1cccc(F)c1. The van der Waals surface area contributed by atoms with Crippen molar-refractivity contribution in [2.45, 2.75) is 25.5 Å². The van der Waals surface area contributed by atoms with Gasteiger partial charge in [0.2, 0.25) is 5.56 Å². The van der Waals surface area contributed by atoms with Gasteiger partial charge in [0, 0.05) is 18.3 Å². The summed E-state index contributed by atoms with van der Waals surface area (Å²) in [6, 6.07) is 8.43. The van der Waals surface area contributed by atoms with Crippen molar-refractivity contribution in [3.63, 3.8) is 0 Å². The lowest BCUT2D eigenvalue weighted by molar-refractivity contribution is 0.0714. The van der Waals surface area contributed by atoms with E-state index in [2.05, 4.69) is 4.98 Å². The Hall–Kier alpha value is -2.47. The molecule has 6 heteroatoms. The molecular formula is C17H17FN2O3. The molecule has 2 heterocycles. The van der Waals surface area contributed by atoms with Crippen molar-refractivity contribution in [1.29, 1.82) is 0 Å². The Morgan fingerprint density at radius 2 is 2.13 bits per heavy atom. The third-order valence-electron chi connectivity index (χ3n) is 4.12. The number of aromatic nitrogens is 1. The number of aliphatic hydroxyl groups is 1. The van der Waals surface area contributed by atoms with Crippen molar-refractivity contribution >= 4 is 5.91 Å². The lowest BCUT2D eigenvalue weighted by atomic mass is 10.0. The van der Waals surface area contributed by atoms with E-state index in [9.17, 15) is 19.1 Å². The van der Waals surface area contributed by atoms with Crippen molar-refractivity contribution in [2.75, 3.05) is 6.54 Å². The number of H-pyrrole nitrogens is 1. The van der Waals surface area contributed by atoms with E-state index < -0.39 is 6.10 Å². The summed E-state index contributed by atoms with van der Waals surface area (Å²) in [5.74, 6) is -0.666. The standard InChI is InChI=1S/C17H17FN2O3/c1-10-14(5-6-16(22)19-10)17(23)20-9-13(21)8-15(20)11-3-2-4-12(18)7-11/h2-7,13,15,21H,8-9H2,1H3,(H,19,22)/t13-,15-/m0/s1. The molecule has 1 fully saturated rings. The number of aryl methyl sites for hydroxylation is 1. The number of carbonyl (C=O) groups excluding carboxylic acids is 1. The molecule has 3 rings (SSSR count). The summed E-state index contributed by atoms with van der Waals surface area (Å²) in [4.78, 5) is 28.2. The van der Waals surface area contributed by atoms with Crippen LogP contribution in [0, 0.1) is 12.7 Å². The summed E-state index contributed by atoms with van der Waals surface area (Å²) in [6.45, 7) is 1.83. The van der Waals surface area contributed by atoms with E-state index in [4.69, 9.17) is 0 Å². The molecule has 1 saturated heterocycles. The first-order chi connectivity index (χ1) is 11.0. The third kappa shape index (κ3) is 3.03. The van der Waals surface area contributed by atoms with Gasteiger partial charge in [0.05, 0.1) is 17.7 Å². The average molecular weight is 316 g/mol. The van der Waals surface area contributed by atoms with Crippen LogP contribution in [0.3, 0.4) is 0 Å². The van der Waals surface area contributed by atoms with Crippen LogP contribution in [0.2, 0.25) is 0 Å². The predicted molar refractivity (Wildman–Crippen MR) is 82.6 cm³/mol. The van der Waals surface area contributed by atoms with E-state index in [0.29, 0.717) is 23.2 Å². The van der Waals surface area contributed by atoms with E-state index in [-0.39, 0.29) is 29.9 Å². The van der Waals surface area contributed by atoms with Gasteiger partial charge in [-0.25, -0.2) is 4.39 Å². The van der Waals surface area contributed by atoms with Gasteiger partial charge in [-0.1, -0.05) is 12.1 Å². The van der Waals surface area contributed by atoms with E-state index in [0.717, 1.165) is 0 Å². The Kier molecular flexibility index (Phi) is 4.00. The molecule has 1 aliphatic heterocycles. The smallest absolute Gasteiger partial charge is 0.256 e. The zero-order valence-corrected chi connectivity index (χ0v) is 12.6. The minimum atomic E-state index is -0.657. The molecule has 2 atom stereocenters. The lowest BCUT2D eigenvalue weighted by Gasteiger charge is -2.25. The van der Waals surface area contributed by atoms with Gasteiger partial charge >= 0.3 is 0 Å². The first-order valence-electron chi connectivity index (χ1n) is 7.40. The highest BCUT2D eigenvalue weighted by Crippen LogP contribution is 2.33. The molecule has 1 aliphatic rings. The molecule has 2 N–H and O–H groups in total. The van der Waals surface area contributed by atoms with Crippen LogP contribution in [0.4, 0.5) is 4.39 Å². The van der Waals surface area contributed by atoms with Gasteiger partial charge in [-0.2, -0.15) is 0 Å². The van der Waals surface area contributed by atoms with Crippen molar-refractivity contribution in [2.24, 2.45) is 0 Å². The molecule has 2 aromatic rings. The maximum absolute atomic E-state index is 13.5. The number of hydrogen-bond donors (Lipinski definition) is 2. The summed E-state index contributed by atoms with van der Waals surface area (Å²) in [7, 11) is 0. The van der Waals surface area contributed by atoms with Crippen molar-refractivity contribution in [3.05, 3.63) is 69.4 Å². The lowest BCUT2D eigenvalue weighted by Crippen LogP contribution is -2.33. The first kappa shape index (κ1) is 15.4. The summed E-state index contributed by atoms with van der Waals surface area (Å²) < 4.78 is 13.5. The van der Waals surface area contributed by atoms with Crippen LogP contribution in [0.25, 0.3) is 0 Å². The molecule has 1 amide bonds. The molecule has 0 bridgehead atoms. The normalized spacial score (nSPS) is 20.7. The Morgan fingerprint density at radius 3 is 2.83 bits per heavy atom. The summed E-state index contributed by atoms with van der Waals surface area (Å²) in [6.07, 6.45) is -0.298. The van der Waals surface area contributed by atoms with Crippen molar-refractivity contribution < 1.29 is 14.3 Å². The van der Waals surface area contributed by atoms with Gasteiger partial charge in [0.1, 0.15) is 5.82 Å². The monoisotopic (exact) mass is 316 g/mol. The van der Waals surface area contributed by atoms with Crippen LogP contribution < -0.4 is 5.56 Å². The Labute approximate surface area is 132 Å². The highest BCUT2D eigenvalue weighted by Gasteiger charge is 2.36. The second kappa shape index (κ2) is 5.96. The van der Waals surface area contributed by atoms with Gasteiger partial charge in [-0.15, -0.1) is 0 Å². The minimum Gasteiger partial charge on any atom is -0.391 e. The number of carbonyl (C=O) groups is 1. The number of halogens is 1. The zero-order valence-electron chi connectivity index (χ0n) is 12.6. The number of nitrogens with one attached hydrogen (secondary N) is 1. The molecule has 0 radical (unpaired) electrons. The molecule has 0 spiro atoms. The quantitative estimate of drug-likeness (QED) is 0.887. The topological polar surface area (TPSA) is 73.4 Å². The maximum atomic E-state index is 13.5. The van der Waals surface area contributed by atoms with Crippen molar-refractivity contribution in [1.82, 2.24) is 9.88 Å². The fraction of sp³-hybridized carbons (Fsp3) is 0.294. The van der Waals surface area contributed by atoms with Crippen LogP contribution in [0.15, 0.2) is 41.2 Å². The Balaban J connectivity index is 1.96. The molecule has 1 aromatic heterocycles. The molecule has 0 unspecified atom stereocenters. The molecule has 120 valence electrons. The van der Waals surface area contributed by atoms with Crippen LogP contribution in [0.5, 0.6) is 0 Å². The van der Waals surface area contributed by atoms with Gasteiger partial charge in [-0.05, 0) is 37.1 Å². The number of rotatable bonds is 2. The average Bonchev–Trinajstić information content (AvgIpc) is 2.89. The number of aromatic amines is 1. The third-order valence-corrected chi connectivity index (χ3v) is 4.12. The molecular weight excluding hydrogens is 299 g/mol. The number of likely N-dealkylation sites (tertiary alicyclic amines) is 1. The number of pyridine rings is 1. The first-order valence-corrected chi connectivity index (χ1v) is 7.40. The Morgan fingerprint density at radius 1 is 1.35 bits per heavy atom. The minimum absolute atomic E-state index is 0.179. The van der Waals surface area contributed by atoms with Crippen LogP contribution >= 0.6 is 0 Å². The van der Waals surface area contributed by atoms with Gasteiger partial charge in [0.15, 0.2) is 0 Å². The highest BCUT2D eigenvalue weighted by molar-refractivity contribution is 5.95. The molecule has 23 heavy (non-hydrogen) atoms. The summed E-state index contributed by atoms with van der Waals surface area (Å²) in [5, 5.41) is 9.96. The zero-order chi connectivity index (χ0) is 16.6. The summed E-state index contributed by atoms with van der Waals surface area (Å²) >= 11 is 0. The number of aliphatic hydroxyl groups excluding tert-OH is 1. The van der Waals surface area contributed by atoms with Crippen LogP contribution in [-0.2, 0) is 0 Å². The van der Waals surface area contributed by atoms with Crippen LogP contribution in [-0.4, -0.2) is 33.5 Å². The fourth-order valence-electron chi connectivity index (χ4n) is 3.03. The number of benzene rings is 1. The largest absolute Gasteiger partial charge is 0.391 e. The number of hydrogen-bond acceptors (Lipinski definition) is 3. The van der Waals surface area contributed by atoms with E-state index in [1.807, 2.05) is 0 Å². The highest BCUT2D eigenvalue weighted by atomic mass is 19.1. The van der Waals surface area contributed by atoms with Crippen molar-refractivity contribution in [3.8, 4) is 0 Å². The van der Waals surface area contributed by atoms with E-state index in [1.165, 1.54) is 29.2 Å². The second-order valence-electron chi connectivity index (χ2n) is 5.78. The fourth-order valence-corrected chi connectivity index (χ4v) is 3.03. The molecule has 5 nitrogen and oxygen atoms in total. The molecule has 0 aliphatic carbocycles. The molecule has 1 aromatic carbocycles. The Bertz CT molecular complexity index is 802. The van der Waals surface area contributed by atoms with Gasteiger partial charge in [-0.3, -0.25) is 9.59 Å². The van der Waals surface area contributed by atoms with Crippen LogP contribution in [0.1, 0.15) is 34.1 Å². The van der Waals surface area contributed by atoms with Gasteiger partial charge in [0.25, 0.3) is 5.91 Å². The maximum Gasteiger partial charge on any atom is 0.256 e. The number of amides is 1. The molecule has 0 saturated carbocycles. The number of nitrogens with zero attached hydrogens (tertiary/aromatic N) is 1. The van der Waals surface area contributed by atoms with E-state index in [1.54, 1.807) is 19.1 Å². The summed E-state index contributed by atoms with van der Waals surface area (Å²) in [5.41, 5.74) is 1.22. The predicted octanol–water partition coefficient (Wildman–Crippen LogP) is 1.77. The second-order valence-corrected chi connectivity index (χ2v) is 5.78. The van der Waals surface area contributed by atoms with E-state index >= 15 is 0 Å². The van der Waals surface area contributed by atoms with Gasteiger partial charge < -0.3 is 15.0 Å².